The van der Waals surface area contributed by atoms with Crippen molar-refractivity contribution in [3.8, 4) is 0 Å². The molecule has 0 aliphatic heterocycles. The molecule has 0 radical (unpaired) electrons. The fraction of sp³-hybridized carbons (Fsp3) is 0.619. The largest absolute Gasteiger partial charge is 0.321 e. The number of nitrogens with zero attached hydrogens (tertiary/aromatic N) is 1. The molecule has 5 rings (SSSR count). The summed E-state index contributed by atoms with van der Waals surface area (Å²) in [5, 5.41) is 2.93. The van der Waals surface area contributed by atoms with Crippen LogP contribution in [0.5, 0.6) is 0 Å². The van der Waals surface area contributed by atoms with E-state index in [1.807, 2.05) is 13.0 Å². The Balaban J connectivity index is 1.50. The number of hydrogen-bond donors (Lipinski definition) is 1. The van der Waals surface area contributed by atoms with Gasteiger partial charge >= 0.3 is 0 Å². The predicted molar refractivity (Wildman–Crippen MR) is 99.4 cm³/mol. The summed E-state index contributed by atoms with van der Waals surface area (Å²) in [5.41, 5.74) is 2.17. The molecular weight excluding hydrogens is 312 g/mol. The number of aryl methyl sites for hydroxylation is 1. The SMILES string of the molecule is CCn1cc(NC(=O)/C=C(\C)C23CC4CC(CC(C4)C2)C3)ccc1=O. The first-order valence-corrected chi connectivity index (χ1v) is 9.67. The Morgan fingerprint density at radius 2 is 1.80 bits per heavy atom. The van der Waals surface area contributed by atoms with Crippen LogP contribution in [0.15, 0.2) is 34.8 Å². The summed E-state index contributed by atoms with van der Waals surface area (Å²) in [5.74, 6) is 2.57. The molecule has 0 saturated heterocycles. The van der Waals surface area contributed by atoms with Crippen molar-refractivity contribution >= 4 is 11.6 Å². The van der Waals surface area contributed by atoms with Crippen LogP contribution in [0, 0.1) is 23.2 Å². The Labute approximate surface area is 149 Å². The van der Waals surface area contributed by atoms with Crippen molar-refractivity contribution < 1.29 is 4.79 Å². The molecule has 4 saturated carbocycles. The van der Waals surface area contributed by atoms with Crippen LogP contribution < -0.4 is 10.9 Å². The Morgan fingerprint density at radius 1 is 1.20 bits per heavy atom. The average Bonchev–Trinajstić information content (AvgIpc) is 2.55. The molecule has 134 valence electrons. The van der Waals surface area contributed by atoms with Gasteiger partial charge in [0.15, 0.2) is 0 Å². The molecule has 0 unspecified atom stereocenters. The van der Waals surface area contributed by atoms with Crippen LogP contribution in [-0.2, 0) is 11.3 Å². The van der Waals surface area contributed by atoms with Crippen LogP contribution in [0.2, 0.25) is 0 Å². The molecule has 4 fully saturated rings. The van der Waals surface area contributed by atoms with Crippen molar-refractivity contribution in [3.63, 3.8) is 0 Å². The van der Waals surface area contributed by atoms with E-state index in [4.69, 9.17) is 0 Å². The topological polar surface area (TPSA) is 51.1 Å². The lowest BCUT2D eigenvalue weighted by Gasteiger charge is -2.57. The van der Waals surface area contributed by atoms with E-state index in [0.29, 0.717) is 12.2 Å². The summed E-state index contributed by atoms with van der Waals surface area (Å²) in [6, 6.07) is 3.19. The quantitative estimate of drug-likeness (QED) is 0.843. The van der Waals surface area contributed by atoms with E-state index in [9.17, 15) is 9.59 Å². The molecule has 4 aliphatic rings. The zero-order valence-electron chi connectivity index (χ0n) is 15.3. The van der Waals surface area contributed by atoms with Crippen LogP contribution in [0.25, 0.3) is 0 Å². The maximum atomic E-state index is 12.5. The molecule has 0 atom stereocenters. The van der Waals surface area contributed by atoms with Gasteiger partial charge in [0.2, 0.25) is 5.91 Å². The van der Waals surface area contributed by atoms with Gasteiger partial charge in [-0.15, -0.1) is 0 Å². The first kappa shape index (κ1) is 16.6. The fourth-order valence-electron chi connectivity index (χ4n) is 5.97. The van der Waals surface area contributed by atoms with Crippen molar-refractivity contribution in [2.24, 2.45) is 23.2 Å². The van der Waals surface area contributed by atoms with Crippen molar-refractivity contribution in [3.05, 3.63) is 40.3 Å². The molecule has 1 aromatic heterocycles. The number of pyridine rings is 1. The van der Waals surface area contributed by atoms with Gasteiger partial charge in [0.1, 0.15) is 0 Å². The van der Waals surface area contributed by atoms with Gasteiger partial charge in [-0.25, -0.2) is 0 Å². The number of anilines is 1. The molecule has 1 aromatic rings. The normalized spacial score (nSPS) is 33.5. The number of rotatable bonds is 4. The van der Waals surface area contributed by atoms with Crippen molar-refractivity contribution in [1.82, 2.24) is 4.57 Å². The van der Waals surface area contributed by atoms with E-state index in [1.165, 1.54) is 50.2 Å². The lowest BCUT2D eigenvalue weighted by molar-refractivity contribution is -0.112. The smallest absolute Gasteiger partial charge is 0.250 e. The van der Waals surface area contributed by atoms with Crippen LogP contribution >= 0.6 is 0 Å². The monoisotopic (exact) mass is 340 g/mol. The third-order valence-corrected chi connectivity index (χ3v) is 6.81. The summed E-state index contributed by atoms with van der Waals surface area (Å²) >= 11 is 0. The Kier molecular flexibility index (Phi) is 4.09. The summed E-state index contributed by atoms with van der Waals surface area (Å²) < 4.78 is 1.60. The molecule has 1 N–H and O–H groups in total. The van der Waals surface area contributed by atoms with Gasteiger partial charge in [-0.05, 0) is 81.6 Å². The third kappa shape index (κ3) is 3.07. The molecule has 4 aliphatic carbocycles. The second-order valence-electron chi connectivity index (χ2n) is 8.56. The molecule has 1 heterocycles. The van der Waals surface area contributed by atoms with Crippen LogP contribution in [0.1, 0.15) is 52.4 Å². The van der Waals surface area contributed by atoms with E-state index in [0.717, 1.165) is 17.8 Å². The van der Waals surface area contributed by atoms with E-state index < -0.39 is 0 Å². The van der Waals surface area contributed by atoms with Gasteiger partial charge in [0, 0.05) is 24.9 Å². The fourth-order valence-corrected chi connectivity index (χ4v) is 5.97. The van der Waals surface area contributed by atoms with Gasteiger partial charge in [-0.2, -0.15) is 0 Å². The van der Waals surface area contributed by atoms with Crippen molar-refractivity contribution in [1.29, 1.82) is 0 Å². The zero-order chi connectivity index (χ0) is 17.6. The number of carbonyl (C=O) groups excluding carboxylic acids is 1. The molecule has 4 bridgehead atoms. The first-order chi connectivity index (χ1) is 12.0. The molecular formula is C21H28N2O2. The second-order valence-corrected chi connectivity index (χ2v) is 8.56. The maximum Gasteiger partial charge on any atom is 0.250 e. The van der Waals surface area contributed by atoms with E-state index in [2.05, 4.69) is 12.2 Å². The van der Waals surface area contributed by atoms with Gasteiger partial charge in [-0.1, -0.05) is 5.57 Å². The van der Waals surface area contributed by atoms with E-state index in [1.54, 1.807) is 16.8 Å². The Morgan fingerprint density at radius 3 is 2.36 bits per heavy atom. The number of allylic oxidation sites excluding steroid dienone is 1. The van der Waals surface area contributed by atoms with Crippen molar-refractivity contribution in [2.75, 3.05) is 5.32 Å². The molecule has 0 spiro atoms. The molecule has 4 heteroatoms. The van der Waals surface area contributed by atoms with Crippen LogP contribution in [0.3, 0.4) is 0 Å². The number of nitrogens with one attached hydrogen (secondary N) is 1. The maximum absolute atomic E-state index is 12.5. The summed E-state index contributed by atoms with van der Waals surface area (Å²) in [7, 11) is 0. The highest BCUT2D eigenvalue weighted by atomic mass is 16.1. The van der Waals surface area contributed by atoms with Gasteiger partial charge in [0.05, 0.1) is 5.69 Å². The Hall–Kier alpha value is -1.84. The number of carbonyl (C=O) groups is 1. The predicted octanol–water partition coefficient (Wildman–Crippen LogP) is 3.97. The van der Waals surface area contributed by atoms with E-state index in [-0.39, 0.29) is 16.9 Å². The summed E-state index contributed by atoms with van der Waals surface area (Å²) in [6.45, 7) is 4.68. The van der Waals surface area contributed by atoms with E-state index >= 15 is 0 Å². The minimum absolute atomic E-state index is 0.0409. The Bertz CT molecular complexity index is 739. The highest BCUT2D eigenvalue weighted by Gasteiger charge is 2.51. The van der Waals surface area contributed by atoms with Gasteiger partial charge in [-0.3, -0.25) is 9.59 Å². The average molecular weight is 340 g/mol. The molecule has 0 aromatic carbocycles. The first-order valence-electron chi connectivity index (χ1n) is 9.67. The summed E-state index contributed by atoms with van der Waals surface area (Å²) in [6.07, 6.45) is 11.6. The highest BCUT2D eigenvalue weighted by molar-refractivity contribution is 5.99. The minimum Gasteiger partial charge on any atom is -0.321 e. The lowest BCUT2D eigenvalue weighted by atomic mass is 9.48. The molecule has 25 heavy (non-hydrogen) atoms. The van der Waals surface area contributed by atoms with Gasteiger partial charge < -0.3 is 9.88 Å². The van der Waals surface area contributed by atoms with Crippen molar-refractivity contribution in [2.45, 2.75) is 58.9 Å². The minimum atomic E-state index is -0.0745. The summed E-state index contributed by atoms with van der Waals surface area (Å²) in [4.78, 5) is 24.2. The highest BCUT2D eigenvalue weighted by Crippen LogP contribution is 2.62. The van der Waals surface area contributed by atoms with Crippen LogP contribution in [-0.4, -0.2) is 10.5 Å². The number of aromatic nitrogens is 1. The molecule has 1 amide bonds. The third-order valence-electron chi connectivity index (χ3n) is 6.81. The number of hydrogen-bond acceptors (Lipinski definition) is 2. The van der Waals surface area contributed by atoms with Crippen LogP contribution in [0.4, 0.5) is 5.69 Å². The van der Waals surface area contributed by atoms with Gasteiger partial charge in [0.25, 0.3) is 5.56 Å². The zero-order valence-corrected chi connectivity index (χ0v) is 15.3. The second kappa shape index (κ2) is 6.15. The lowest BCUT2D eigenvalue weighted by Crippen LogP contribution is -2.46. The standard InChI is InChI=1S/C21H28N2O2/c1-3-23-13-18(4-5-20(23)25)22-19(24)6-14(2)21-10-15-7-16(11-21)9-17(8-15)12-21/h4-6,13,15-17H,3,7-12H2,1-2H3,(H,22,24)/b14-6+. The number of amides is 1. The molecule has 4 nitrogen and oxygen atoms in total.